The van der Waals surface area contributed by atoms with Crippen molar-refractivity contribution in [3.05, 3.63) is 58.9 Å². The topological polar surface area (TPSA) is 34.0 Å². The molecule has 1 aromatic carbocycles. The molecule has 0 saturated carbocycles. The molecule has 18 heavy (non-hydrogen) atoms. The van der Waals surface area contributed by atoms with Crippen LogP contribution in [0.2, 0.25) is 0 Å². The number of carbonyl (C=O) groups excluding carboxylic acids is 1. The highest BCUT2D eigenvalue weighted by molar-refractivity contribution is 6.17. The molecule has 2 rings (SSSR count). The SMILES string of the molecule is Cc1ccc(C)n1NC(=O)c1ccc(CCl)cc1. The Morgan fingerprint density at radius 1 is 1.11 bits per heavy atom. The summed E-state index contributed by atoms with van der Waals surface area (Å²) in [6.07, 6.45) is 0. The molecule has 0 bridgehead atoms. The average molecular weight is 263 g/mol. The van der Waals surface area contributed by atoms with E-state index in [1.165, 1.54) is 0 Å². The largest absolute Gasteiger partial charge is 0.270 e. The van der Waals surface area contributed by atoms with Crippen LogP contribution in [0.5, 0.6) is 0 Å². The van der Waals surface area contributed by atoms with E-state index in [2.05, 4.69) is 5.43 Å². The highest BCUT2D eigenvalue weighted by Crippen LogP contribution is 2.09. The van der Waals surface area contributed by atoms with E-state index < -0.39 is 0 Å². The molecule has 0 unspecified atom stereocenters. The Labute approximate surface area is 111 Å². The number of benzene rings is 1. The summed E-state index contributed by atoms with van der Waals surface area (Å²) in [6, 6.07) is 11.2. The van der Waals surface area contributed by atoms with Gasteiger partial charge in [0.15, 0.2) is 0 Å². The van der Waals surface area contributed by atoms with Crippen LogP contribution in [0.1, 0.15) is 27.3 Å². The lowest BCUT2D eigenvalue weighted by atomic mass is 10.1. The van der Waals surface area contributed by atoms with Crippen molar-refractivity contribution in [3.8, 4) is 0 Å². The third kappa shape index (κ3) is 2.57. The molecule has 1 amide bonds. The van der Waals surface area contributed by atoms with Gasteiger partial charge in [-0.2, -0.15) is 0 Å². The number of aryl methyl sites for hydroxylation is 2. The molecule has 4 heteroatoms. The Morgan fingerprint density at radius 3 is 2.17 bits per heavy atom. The predicted molar refractivity (Wildman–Crippen MR) is 73.6 cm³/mol. The van der Waals surface area contributed by atoms with Gasteiger partial charge in [0.2, 0.25) is 0 Å². The van der Waals surface area contributed by atoms with E-state index in [9.17, 15) is 4.79 Å². The smallest absolute Gasteiger partial charge is 0.267 e. The van der Waals surface area contributed by atoms with Crippen LogP contribution >= 0.6 is 11.6 Å². The summed E-state index contributed by atoms with van der Waals surface area (Å²) in [4.78, 5) is 12.1. The molecule has 0 saturated heterocycles. The fraction of sp³-hybridized carbons (Fsp3) is 0.214. The molecule has 2 aromatic rings. The molecule has 3 nitrogen and oxygen atoms in total. The van der Waals surface area contributed by atoms with E-state index in [-0.39, 0.29) is 5.91 Å². The molecule has 0 spiro atoms. The second kappa shape index (κ2) is 5.27. The van der Waals surface area contributed by atoms with Gasteiger partial charge >= 0.3 is 0 Å². The van der Waals surface area contributed by atoms with Crippen molar-refractivity contribution in [2.45, 2.75) is 19.7 Å². The lowest BCUT2D eigenvalue weighted by molar-refractivity contribution is 0.101. The minimum atomic E-state index is -0.126. The van der Waals surface area contributed by atoms with E-state index in [1.807, 2.05) is 38.1 Å². The van der Waals surface area contributed by atoms with Crippen molar-refractivity contribution in [3.63, 3.8) is 0 Å². The van der Waals surface area contributed by atoms with E-state index in [4.69, 9.17) is 11.6 Å². The van der Waals surface area contributed by atoms with Gasteiger partial charge in [-0.3, -0.25) is 14.9 Å². The quantitative estimate of drug-likeness (QED) is 0.847. The van der Waals surface area contributed by atoms with Crippen LogP contribution in [0, 0.1) is 13.8 Å². The van der Waals surface area contributed by atoms with E-state index in [0.29, 0.717) is 11.4 Å². The lowest BCUT2D eigenvalue weighted by Crippen LogP contribution is -2.24. The molecule has 1 aromatic heterocycles. The third-order valence-electron chi connectivity index (χ3n) is 2.85. The summed E-state index contributed by atoms with van der Waals surface area (Å²) in [5.74, 6) is 0.330. The highest BCUT2D eigenvalue weighted by atomic mass is 35.5. The minimum Gasteiger partial charge on any atom is -0.267 e. The lowest BCUT2D eigenvalue weighted by Gasteiger charge is -2.11. The molecule has 0 aliphatic rings. The van der Waals surface area contributed by atoms with Crippen LogP contribution in [0.15, 0.2) is 36.4 Å². The highest BCUT2D eigenvalue weighted by Gasteiger charge is 2.08. The van der Waals surface area contributed by atoms with Crippen LogP contribution < -0.4 is 5.43 Å². The fourth-order valence-corrected chi connectivity index (χ4v) is 1.93. The summed E-state index contributed by atoms with van der Waals surface area (Å²) in [5.41, 5.74) is 6.48. The molecule has 0 aliphatic heterocycles. The zero-order chi connectivity index (χ0) is 13.1. The number of hydrogen-bond donors (Lipinski definition) is 1. The fourth-order valence-electron chi connectivity index (χ4n) is 1.76. The van der Waals surface area contributed by atoms with Gasteiger partial charge in [0.25, 0.3) is 5.91 Å². The number of nitrogens with one attached hydrogen (secondary N) is 1. The number of aromatic nitrogens is 1. The van der Waals surface area contributed by atoms with Crippen LogP contribution in [0.3, 0.4) is 0 Å². The molecule has 0 fully saturated rings. The summed E-state index contributed by atoms with van der Waals surface area (Å²) >= 11 is 5.71. The van der Waals surface area contributed by atoms with Gasteiger partial charge in [-0.05, 0) is 43.7 Å². The molecule has 94 valence electrons. The molecular formula is C14H15ClN2O. The van der Waals surface area contributed by atoms with E-state index in [0.717, 1.165) is 17.0 Å². The van der Waals surface area contributed by atoms with Crippen LogP contribution in [-0.4, -0.2) is 10.6 Å². The third-order valence-corrected chi connectivity index (χ3v) is 3.16. The maximum Gasteiger partial charge on any atom is 0.270 e. The monoisotopic (exact) mass is 262 g/mol. The Balaban J connectivity index is 2.17. The maximum atomic E-state index is 12.1. The second-order valence-electron chi connectivity index (χ2n) is 4.22. The summed E-state index contributed by atoms with van der Waals surface area (Å²) in [5, 5.41) is 0. The first kappa shape index (κ1) is 12.7. The minimum absolute atomic E-state index is 0.126. The molecule has 1 heterocycles. The standard InChI is InChI=1S/C14H15ClN2O/c1-10-3-4-11(2)17(10)16-14(18)13-7-5-12(9-15)6-8-13/h3-8H,9H2,1-2H3,(H,16,18). The number of hydrogen-bond acceptors (Lipinski definition) is 1. The maximum absolute atomic E-state index is 12.1. The molecular weight excluding hydrogens is 248 g/mol. The van der Waals surface area contributed by atoms with Crippen molar-refractivity contribution in [2.75, 3.05) is 5.43 Å². The van der Waals surface area contributed by atoms with Crippen molar-refractivity contribution in [1.29, 1.82) is 0 Å². The van der Waals surface area contributed by atoms with E-state index >= 15 is 0 Å². The van der Waals surface area contributed by atoms with Crippen molar-refractivity contribution in [1.82, 2.24) is 4.68 Å². The number of amides is 1. The predicted octanol–water partition coefficient (Wildman–Crippen LogP) is 3.23. The second-order valence-corrected chi connectivity index (χ2v) is 4.49. The molecule has 0 radical (unpaired) electrons. The van der Waals surface area contributed by atoms with Crippen molar-refractivity contribution >= 4 is 17.5 Å². The van der Waals surface area contributed by atoms with Gasteiger partial charge in [-0.15, -0.1) is 11.6 Å². The first-order valence-electron chi connectivity index (χ1n) is 5.73. The number of carbonyl (C=O) groups is 1. The Bertz CT molecular complexity index is 538. The number of rotatable bonds is 3. The van der Waals surface area contributed by atoms with Gasteiger partial charge in [-0.1, -0.05) is 12.1 Å². The van der Waals surface area contributed by atoms with Gasteiger partial charge in [-0.25, -0.2) is 0 Å². The van der Waals surface area contributed by atoms with Crippen LogP contribution in [0.4, 0.5) is 0 Å². The first-order chi connectivity index (χ1) is 8.61. The van der Waals surface area contributed by atoms with Crippen LogP contribution in [-0.2, 0) is 5.88 Å². The zero-order valence-electron chi connectivity index (χ0n) is 10.4. The summed E-state index contributed by atoms with van der Waals surface area (Å²) in [6.45, 7) is 3.90. The zero-order valence-corrected chi connectivity index (χ0v) is 11.2. The molecule has 0 aliphatic carbocycles. The Hall–Kier alpha value is -1.74. The average Bonchev–Trinajstić information content (AvgIpc) is 2.70. The van der Waals surface area contributed by atoms with Crippen LogP contribution in [0.25, 0.3) is 0 Å². The van der Waals surface area contributed by atoms with Crippen molar-refractivity contribution in [2.24, 2.45) is 0 Å². The van der Waals surface area contributed by atoms with Gasteiger partial charge in [0, 0.05) is 22.8 Å². The summed E-state index contributed by atoms with van der Waals surface area (Å²) < 4.78 is 1.78. The number of halogens is 1. The van der Waals surface area contributed by atoms with E-state index in [1.54, 1.807) is 16.8 Å². The van der Waals surface area contributed by atoms with Crippen molar-refractivity contribution < 1.29 is 4.79 Å². The normalized spacial score (nSPS) is 10.4. The number of alkyl halides is 1. The molecule has 0 atom stereocenters. The van der Waals surface area contributed by atoms with Gasteiger partial charge < -0.3 is 0 Å². The Kier molecular flexibility index (Phi) is 3.72. The first-order valence-corrected chi connectivity index (χ1v) is 6.26. The van der Waals surface area contributed by atoms with Gasteiger partial charge in [0.05, 0.1) is 0 Å². The number of nitrogens with zero attached hydrogens (tertiary/aromatic N) is 1. The Morgan fingerprint density at radius 2 is 1.67 bits per heavy atom. The van der Waals surface area contributed by atoms with Gasteiger partial charge in [0.1, 0.15) is 0 Å². The molecule has 1 N–H and O–H groups in total. The summed E-state index contributed by atoms with van der Waals surface area (Å²) in [7, 11) is 0.